The number of hydrogen-bond acceptors (Lipinski definition) is 4. The lowest BCUT2D eigenvalue weighted by Gasteiger charge is -2.14. The highest BCUT2D eigenvalue weighted by Crippen LogP contribution is 2.18. The van der Waals surface area contributed by atoms with Crippen molar-refractivity contribution < 1.29 is 22.4 Å². The zero-order chi connectivity index (χ0) is 19.4. The van der Waals surface area contributed by atoms with Crippen molar-refractivity contribution in [3.8, 4) is 0 Å². The number of rotatable bonds is 5. The highest BCUT2D eigenvalue weighted by Gasteiger charge is 2.15. The maximum absolute atomic E-state index is 14.1. The van der Waals surface area contributed by atoms with E-state index in [1.807, 2.05) is 0 Å². The molecule has 27 heavy (non-hydrogen) atoms. The van der Waals surface area contributed by atoms with Gasteiger partial charge in [0.2, 0.25) is 0 Å². The summed E-state index contributed by atoms with van der Waals surface area (Å²) >= 11 is 0. The molecule has 3 aromatic rings. The Labute approximate surface area is 150 Å². The van der Waals surface area contributed by atoms with E-state index in [0.29, 0.717) is 12.1 Å². The van der Waals surface area contributed by atoms with Crippen LogP contribution in [0.4, 0.5) is 17.6 Å². The van der Waals surface area contributed by atoms with E-state index in [2.05, 4.69) is 20.9 Å². The van der Waals surface area contributed by atoms with Crippen molar-refractivity contribution in [2.75, 3.05) is 0 Å². The standard InChI is InChI=1S/C17H11F4N5O/c18-10-1-3-12(14(20)5-10)16(7-26-9-22-8-23-26)24-25-17(27)13-4-2-11(19)6-15(13)21/h1-9,24H,(H,25,27). The molecule has 0 radical (unpaired) electrons. The van der Waals surface area contributed by atoms with E-state index >= 15 is 0 Å². The summed E-state index contributed by atoms with van der Waals surface area (Å²) in [5.74, 6) is -4.52. The van der Waals surface area contributed by atoms with Crippen LogP contribution in [0.1, 0.15) is 15.9 Å². The molecular weight excluding hydrogens is 366 g/mol. The van der Waals surface area contributed by atoms with Crippen molar-refractivity contribution in [3.05, 3.63) is 83.4 Å². The number of aromatic nitrogens is 3. The van der Waals surface area contributed by atoms with Crippen LogP contribution >= 0.6 is 0 Å². The fourth-order valence-electron chi connectivity index (χ4n) is 2.16. The van der Waals surface area contributed by atoms with Gasteiger partial charge in [-0.15, -0.1) is 0 Å². The lowest BCUT2D eigenvalue weighted by atomic mass is 10.1. The number of halogens is 4. The first-order valence-electron chi connectivity index (χ1n) is 7.47. The van der Waals surface area contributed by atoms with Gasteiger partial charge in [0.1, 0.15) is 35.9 Å². The molecule has 0 bridgehead atoms. The Balaban J connectivity index is 1.87. The average molecular weight is 377 g/mol. The van der Waals surface area contributed by atoms with Crippen LogP contribution in [0.25, 0.3) is 11.9 Å². The highest BCUT2D eigenvalue weighted by atomic mass is 19.1. The predicted molar refractivity (Wildman–Crippen MR) is 87.5 cm³/mol. The Hall–Kier alpha value is -3.69. The van der Waals surface area contributed by atoms with Crippen LogP contribution in [0, 0.1) is 23.3 Å². The molecule has 2 aromatic carbocycles. The second-order valence-corrected chi connectivity index (χ2v) is 5.25. The minimum atomic E-state index is -1.07. The summed E-state index contributed by atoms with van der Waals surface area (Å²) in [6.45, 7) is 0. The second kappa shape index (κ2) is 7.68. The molecule has 10 heteroatoms. The number of carbonyl (C=O) groups is 1. The summed E-state index contributed by atoms with van der Waals surface area (Å²) in [6.07, 6.45) is 3.79. The van der Waals surface area contributed by atoms with E-state index in [9.17, 15) is 22.4 Å². The minimum absolute atomic E-state index is 0.0196. The van der Waals surface area contributed by atoms with Crippen molar-refractivity contribution in [2.24, 2.45) is 0 Å². The monoisotopic (exact) mass is 377 g/mol. The molecule has 0 unspecified atom stereocenters. The van der Waals surface area contributed by atoms with Gasteiger partial charge in [-0.2, -0.15) is 5.10 Å². The molecule has 0 aliphatic heterocycles. The lowest BCUT2D eigenvalue weighted by Crippen LogP contribution is -2.37. The smallest absolute Gasteiger partial charge is 0.272 e. The van der Waals surface area contributed by atoms with Crippen LogP contribution in [-0.2, 0) is 0 Å². The average Bonchev–Trinajstić information content (AvgIpc) is 3.12. The van der Waals surface area contributed by atoms with Crippen molar-refractivity contribution in [1.29, 1.82) is 0 Å². The fraction of sp³-hybridized carbons (Fsp3) is 0. The normalized spacial score (nSPS) is 11.3. The van der Waals surface area contributed by atoms with Gasteiger partial charge < -0.3 is 0 Å². The van der Waals surface area contributed by atoms with Gasteiger partial charge in [0.25, 0.3) is 5.91 Å². The number of nitrogens with one attached hydrogen (secondary N) is 2. The highest BCUT2D eigenvalue weighted by molar-refractivity contribution is 5.95. The Kier molecular flexibility index (Phi) is 5.15. The van der Waals surface area contributed by atoms with E-state index in [4.69, 9.17) is 0 Å². The molecular formula is C17H11F4N5O. The largest absolute Gasteiger partial charge is 0.296 e. The number of amides is 1. The number of nitrogens with zero attached hydrogens (tertiary/aromatic N) is 3. The molecule has 3 rings (SSSR count). The van der Waals surface area contributed by atoms with Gasteiger partial charge in [-0.1, -0.05) is 0 Å². The summed E-state index contributed by atoms with van der Waals surface area (Å²) in [6, 6.07) is 5.26. The number of hydrogen-bond donors (Lipinski definition) is 2. The van der Waals surface area contributed by atoms with Crippen LogP contribution in [0.5, 0.6) is 0 Å². The zero-order valence-corrected chi connectivity index (χ0v) is 13.5. The minimum Gasteiger partial charge on any atom is -0.296 e. The van der Waals surface area contributed by atoms with Crippen LogP contribution in [0.3, 0.4) is 0 Å². The summed E-state index contributed by atoms with van der Waals surface area (Å²) in [4.78, 5) is 15.8. The van der Waals surface area contributed by atoms with Gasteiger partial charge in [0, 0.05) is 17.7 Å². The third-order valence-electron chi connectivity index (χ3n) is 3.41. The summed E-state index contributed by atoms with van der Waals surface area (Å²) in [5, 5.41) is 3.82. The molecule has 1 heterocycles. The maximum Gasteiger partial charge on any atom is 0.272 e. The van der Waals surface area contributed by atoms with E-state index in [0.717, 1.165) is 24.3 Å². The molecule has 0 aliphatic rings. The Morgan fingerprint density at radius 2 is 1.56 bits per heavy atom. The molecule has 0 aliphatic carbocycles. The third-order valence-corrected chi connectivity index (χ3v) is 3.41. The van der Waals surface area contributed by atoms with Gasteiger partial charge in [-0.05, 0) is 24.3 Å². The van der Waals surface area contributed by atoms with E-state index < -0.39 is 34.7 Å². The SMILES string of the molecule is O=C(NNC(=Cn1cncn1)c1ccc(F)cc1F)c1ccc(F)cc1F. The molecule has 138 valence electrons. The molecule has 1 aromatic heterocycles. The van der Waals surface area contributed by atoms with Gasteiger partial charge >= 0.3 is 0 Å². The molecule has 6 nitrogen and oxygen atoms in total. The van der Waals surface area contributed by atoms with Crippen molar-refractivity contribution in [1.82, 2.24) is 25.6 Å². The quantitative estimate of drug-likeness (QED) is 0.530. The first-order valence-corrected chi connectivity index (χ1v) is 7.47. The predicted octanol–water partition coefficient (Wildman–Crippen LogP) is 2.72. The molecule has 2 N–H and O–H groups in total. The van der Waals surface area contributed by atoms with Crippen molar-refractivity contribution in [3.63, 3.8) is 0 Å². The molecule has 0 saturated carbocycles. The molecule has 0 spiro atoms. The van der Waals surface area contributed by atoms with Crippen LogP contribution < -0.4 is 10.9 Å². The van der Waals surface area contributed by atoms with Crippen LogP contribution in [-0.4, -0.2) is 20.7 Å². The molecule has 0 saturated heterocycles. The van der Waals surface area contributed by atoms with E-state index in [1.54, 1.807) is 0 Å². The molecule has 0 atom stereocenters. The van der Waals surface area contributed by atoms with Gasteiger partial charge in [-0.3, -0.25) is 15.6 Å². The summed E-state index contributed by atoms with van der Waals surface area (Å²) in [7, 11) is 0. The Bertz CT molecular complexity index is 1000. The van der Waals surface area contributed by atoms with Crippen molar-refractivity contribution >= 4 is 17.8 Å². The number of hydrazine groups is 1. The Morgan fingerprint density at radius 1 is 0.926 bits per heavy atom. The third kappa shape index (κ3) is 4.29. The Morgan fingerprint density at radius 3 is 2.11 bits per heavy atom. The maximum atomic E-state index is 14.1. The molecule has 1 amide bonds. The fourth-order valence-corrected chi connectivity index (χ4v) is 2.16. The van der Waals surface area contributed by atoms with Crippen molar-refractivity contribution in [2.45, 2.75) is 0 Å². The second-order valence-electron chi connectivity index (χ2n) is 5.25. The number of benzene rings is 2. The van der Waals surface area contributed by atoms with Crippen LogP contribution in [0.2, 0.25) is 0 Å². The molecule has 0 fully saturated rings. The summed E-state index contributed by atoms with van der Waals surface area (Å²) in [5.41, 5.74) is 4.06. The summed E-state index contributed by atoms with van der Waals surface area (Å²) < 4.78 is 55.1. The first kappa shape index (κ1) is 18.1. The zero-order valence-electron chi connectivity index (χ0n) is 13.5. The topological polar surface area (TPSA) is 71.8 Å². The van der Waals surface area contributed by atoms with Gasteiger partial charge in [0.05, 0.1) is 17.5 Å². The first-order chi connectivity index (χ1) is 12.9. The van der Waals surface area contributed by atoms with E-state index in [-0.39, 0.29) is 11.3 Å². The van der Waals surface area contributed by atoms with Crippen LogP contribution in [0.15, 0.2) is 49.1 Å². The van der Waals surface area contributed by atoms with E-state index in [1.165, 1.54) is 23.5 Å². The van der Waals surface area contributed by atoms with Gasteiger partial charge in [-0.25, -0.2) is 27.2 Å². The van der Waals surface area contributed by atoms with Gasteiger partial charge in [0.15, 0.2) is 0 Å². The number of carbonyl (C=O) groups excluding carboxylic acids is 1. The lowest BCUT2D eigenvalue weighted by molar-refractivity contribution is 0.0938.